The second-order valence-corrected chi connectivity index (χ2v) is 5.89. The third kappa shape index (κ3) is 3.74. The molecule has 0 saturated heterocycles. The molecular weight excluding hydrogens is 256 g/mol. The van der Waals surface area contributed by atoms with Gasteiger partial charge in [0.1, 0.15) is 0 Å². The Morgan fingerprint density at radius 3 is 2.24 bits per heavy atom. The average Bonchev–Trinajstić information content (AvgIpc) is 2.50. The highest BCUT2D eigenvalue weighted by atomic mass is 16.3. The Bertz CT molecular complexity index is 613. The van der Waals surface area contributed by atoms with Crippen molar-refractivity contribution in [2.45, 2.75) is 53.1 Å². The average molecular weight is 282 g/mol. The number of hydrogen-bond donors (Lipinski definition) is 1. The van der Waals surface area contributed by atoms with Gasteiger partial charge < -0.3 is 5.11 Å². The van der Waals surface area contributed by atoms with E-state index in [-0.39, 0.29) is 0 Å². The van der Waals surface area contributed by atoms with Gasteiger partial charge in [-0.25, -0.2) is 0 Å². The Hall–Kier alpha value is -1.60. The number of aliphatic hydroxyl groups excluding tert-OH is 1. The van der Waals surface area contributed by atoms with Gasteiger partial charge in [-0.15, -0.1) is 0 Å². The maximum atomic E-state index is 10.6. The van der Waals surface area contributed by atoms with Crippen LogP contribution in [-0.4, -0.2) is 5.11 Å². The predicted octanol–water partition coefficient (Wildman–Crippen LogP) is 4.70. The molecule has 0 aliphatic carbocycles. The molecule has 0 spiro atoms. The van der Waals surface area contributed by atoms with Crippen molar-refractivity contribution in [3.8, 4) is 0 Å². The maximum absolute atomic E-state index is 10.6. The van der Waals surface area contributed by atoms with Crippen LogP contribution in [0.5, 0.6) is 0 Å². The lowest BCUT2D eigenvalue weighted by atomic mass is 9.93. The highest BCUT2D eigenvalue weighted by Gasteiger charge is 2.12. The van der Waals surface area contributed by atoms with Crippen molar-refractivity contribution in [1.82, 2.24) is 0 Å². The molecule has 112 valence electrons. The third-order valence-corrected chi connectivity index (χ3v) is 4.29. The standard InChI is InChI=1S/C20H26O/c1-5-16-9-10-18(12-17(16)6-2)20(21)13-19-11-14(3)7-8-15(19)4/h7-12,20-21H,5-6,13H2,1-4H3. The van der Waals surface area contributed by atoms with Gasteiger partial charge in [-0.2, -0.15) is 0 Å². The van der Waals surface area contributed by atoms with Gasteiger partial charge in [0.15, 0.2) is 0 Å². The SMILES string of the molecule is CCc1ccc(C(O)Cc2cc(C)ccc2C)cc1CC. The van der Waals surface area contributed by atoms with Gasteiger partial charge in [-0.1, -0.05) is 55.8 Å². The first-order valence-electron chi connectivity index (χ1n) is 7.91. The molecule has 1 unspecified atom stereocenters. The largest absolute Gasteiger partial charge is 0.388 e. The molecule has 21 heavy (non-hydrogen) atoms. The van der Waals surface area contributed by atoms with Crippen LogP contribution in [0.25, 0.3) is 0 Å². The fourth-order valence-electron chi connectivity index (χ4n) is 2.87. The van der Waals surface area contributed by atoms with Crippen molar-refractivity contribution in [1.29, 1.82) is 0 Å². The van der Waals surface area contributed by atoms with Crippen molar-refractivity contribution >= 4 is 0 Å². The second kappa shape index (κ2) is 6.91. The zero-order valence-electron chi connectivity index (χ0n) is 13.6. The molecule has 1 atom stereocenters. The van der Waals surface area contributed by atoms with E-state index in [0.29, 0.717) is 6.42 Å². The summed E-state index contributed by atoms with van der Waals surface area (Å²) >= 11 is 0. The lowest BCUT2D eigenvalue weighted by molar-refractivity contribution is 0.178. The van der Waals surface area contributed by atoms with Crippen LogP contribution in [0, 0.1) is 13.8 Å². The van der Waals surface area contributed by atoms with Crippen molar-refractivity contribution in [2.75, 3.05) is 0 Å². The summed E-state index contributed by atoms with van der Waals surface area (Å²) in [7, 11) is 0. The summed E-state index contributed by atoms with van der Waals surface area (Å²) in [5, 5.41) is 10.6. The third-order valence-electron chi connectivity index (χ3n) is 4.29. The molecule has 0 fully saturated rings. The minimum Gasteiger partial charge on any atom is -0.388 e. The fraction of sp³-hybridized carbons (Fsp3) is 0.400. The van der Waals surface area contributed by atoms with Crippen LogP contribution < -0.4 is 0 Å². The lowest BCUT2D eigenvalue weighted by Gasteiger charge is -2.16. The molecule has 2 rings (SSSR count). The molecule has 0 aliphatic rings. The summed E-state index contributed by atoms with van der Waals surface area (Å²) in [4.78, 5) is 0. The summed E-state index contributed by atoms with van der Waals surface area (Å²) < 4.78 is 0. The lowest BCUT2D eigenvalue weighted by Crippen LogP contribution is -2.05. The van der Waals surface area contributed by atoms with E-state index in [1.54, 1.807) is 0 Å². The first-order valence-corrected chi connectivity index (χ1v) is 7.91. The monoisotopic (exact) mass is 282 g/mol. The van der Waals surface area contributed by atoms with Gasteiger partial charge in [-0.3, -0.25) is 0 Å². The van der Waals surface area contributed by atoms with Gasteiger partial charge in [0, 0.05) is 6.42 Å². The number of benzene rings is 2. The van der Waals surface area contributed by atoms with Gasteiger partial charge >= 0.3 is 0 Å². The summed E-state index contributed by atoms with van der Waals surface area (Å²) in [6.45, 7) is 8.57. The Morgan fingerprint density at radius 1 is 0.857 bits per heavy atom. The molecule has 2 aromatic carbocycles. The van der Waals surface area contributed by atoms with Crippen molar-refractivity contribution in [3.05, 3.63) is 69.8 Å². The van der Waals surface area contributed by atoms with E-state index in [1.165, 1.54) is 27.8 Å². The van der Waals surface area contributed by atoms with E-state index in [2.05, 4.69) is 64.1 Å². The maximum Gasteiger partial charge on any atom is 0.0830 e. The predicted molar refractivity (Wildman–Crippen MR) is 89.8 cm³/mol. The first-order chi connectivity index (χ1) is 10.0. The molecule has 0 aliphatic heterocycles. The first kappa shape index (κ1) is 15.8. The summed E-state index contributed by atoms with van der Waals surface area (Å²) in [5.41, 5.74) is 7.51. The molecule has 1 N–H and O–H groups in total. The number of hydrogen-bond acceptors (Lipinski definition) is 1. The fourth-order valence-corrected chi connectivity index (χ4v) is 2.87. The molecule has 0 bridgehead atoms. The van der Waals surface area contributed by atoms with Gasteiger partial charge in [0.2, 0.25) is 0 Å². The molecule has 1 nitrogen and oxygen atoms in total. The molecule has 0 saturated carbocycles. The van der Waals surface area contributed by atoms with Crippen LogP contribution >= 0.6 is 0 Å². The summed E-state index contributed by atoms with van der Waals surface area (Å²) in [6, 6.07) is 12.9. The van der Waals surface area contributed by atoms with Gasteiger partial charge in [0.25, 0.3) is 0 Å². The second-order valence-electron chi connectivity index (χ2n) is 5.89. The number of aliphatic hydroxyl groups is 1. The topological polar surface area (TPSA) is 20.2 Å². The summed E-state index contributed by atoms with van der Waals surface area (Å²) in [5.74, 6) is 0. The minimum atomic E-state index is -0.429. The molecule has 0 heterocycles. The van der Waals surface area contributed by atoms with Crippen LogP contribution in [0.2, 0.25) is 0 Å². The zero-order valence-corrected chi connectivity index (χ0v) is 13.6. The molecule has 0 radical (unpaired) electrons. The summed E-state index contributed by atoms with van der Waals surface area (Å²) in [6.07, 6.45) is 2.33. The highest BCUT2D eigenvalue weighted by Crippen LogP contribution is 2.24. The molecule has 0 amide bonds. The van der Waals surface area contributed by atoms with Crippen molar-refractivity contribution < 1.29 is 5.11 Å². The Kier molecular flexibility index (Phi) is 5.19. The highest BCUT2D eigenvalue weighted by molar-refractivity contribution is 5.36. The van der Waals surface area contributed by atoms with Crippen molar-refractivity contribution in [2.24, 2.45) is 0 Å². The molecule has 0 aromatic heterocycles. The van der Waals surface area contributed by atoms with Crippen molar-refractivity contribution in [3.63, 3.8) is 0 Å². The number of rotatable bonds is 5. The quantitative estimate of drug-likeness (QED) is 0.842. The number of aryl methyl sites for hydroxylation is 4. The molecular formula is C20H26O. The van der Waals surface area contributed by atoms with E-state index in [4.69, 9.17) is 0 Å². The van der Waals surface area contributed by atoms with Gasteiger partial charge in [-0.05, 0) is 54.5 Å². The van der Waals surface area contributed by atoms with Crippen LogP contribution in [0.1, 0.15) is 53.3 Å². The van der Waals surface area contributed by atoms with Crippen LogP contribution in [-0.2, 0) is 19.3 Å². The normalized spacial score (nSPS) is 12.4. The minimum absolute atomic E-state index is 0.429. The van der Waals surface area contributed by atoms with Crippen LogP contribution in [0.4, 0.5) is 0 Å². The Morgan fingerprint density at radius 2 is 1.57 bits per heavy atom. The molecule has 2 aromatic rings. The van der Waals surface area contributed by atoms with Gasteiger partial charge in [0.05, 0.1) is 6.10 Å². The molecule has 1 heteroatoms. The van der Waals surface area contributed by atoms with Crippen LogP contribution in [0.15, 0.2) is 36.4 Å². The van der Waals surface area contributed by atoms with E-state index < -0.39 is 6.10 Å². The smallest absolute Gasteiger partial charge is 0.0830 e. The van der Waals surface area contributed by atoms with E-state index in [9.17, 15) is 5.11 Å². The zero-order chi connectivity index (χ0) is 15.4. The Labute approximate surface area is 128 Å². The van der Waals surface area contributed by atoms with E-state index in [1.807, 2.05) is 0 Å². The van der Waals surface area contributed by atoms with Crippen LogP contribution in [0.3, 0.4) is 0 Å². The Balaban J connectivity index is 2.24. The van der Waals surface area contributed by atoms with E-state index in [0.717, 1.165) is 18.4 Å². The van der Waals surface area contributed by atoms with E-state index >= 15 is 0 Å².